The van der Waals surface area contributed by atoms with Gasteiger partial charge < -0.3 is 5.32 Å². The molecular weight excluding hydrogens is 339 g/mol. The maximum absolute atomic E-state index is 12.5. The van der Waals surface area contributed by atoms with Crippen LogP contribution in [0.3, 0.4) is 0 Å². The molecule has 1 saturated heterocycles. The molecule has 1 aliphatic heterocycles. The molecule has 0 amide bonds. The minimum Gasteiger partial charge on any atom is -0.316 e. The van der Waals surface area contributed by atoms with Gasteiger partial charge in [-0.1, -0.05) is 24.3 Å². The Kier molecular flexibility index (Phi) is 5.71. The number of nitrogens with one attached hydrogen (secondary N) is 2. The van der Waals surface area contributed by atoms with Gasteiger partial charge in [-0.3, -0.25) is 9.11 Å². The summed E-state index contributed by atoms with van der Waals surface area (Å²) in [7, 11) is -3.62. The van der Waals surface area contributed by atoms with Gasteiger partial charge in [0.1, 0.15) is 0 Å². The van der Waals surface area contributed by atoms with Crippen LogP contribution in [0.1, 0.15) is 29.9 Å². The maximum Gasteiger partial charge on any atom is 0.261 e. The number of sulfonamides is 1. The Labute approximate surface area is 148 Å². The normalized spacial score (nSPS) is 17.6. The van der Waals surface area contributed by atoms with E-state index in [0.29, 0.717) is 24.4 Å². The van der Waals surface area contributed by atoms with Crippen molar-refractivity contribution < 1.29 is 12.8 Å². The van der Waals surface area contributed by atoms with Crippen LogP contribution in [0.2, 0.25) is 0 Å². The van der Waals surface area contributed by atoms with E-state index in [0.717, 1.165) is 25.1 Å². The van der Waals surface area contributed by atoms with Gasteiger partial charge in [-0.05, 0) is 67.1 Å². The summed E-state index contributed by atoms with van der Waals surface area (Å²) in [6, 6.07) is 14.2. The second-order valence-corrected chi connectivity index (χ2v) is 8.04. The zero-order chi connectivity index (χ0) is 17.7. The molecule has 1 aliphatic rings. The van der Waals surface area contributed by atoms with Gasteiger partial charge in [-0.2, -0.15) is 0 Å². The number of halogens is 1. The molecule has 2 N–H and O–H groups in total. The van der Waals surface area contributed by atoms with E-state index in [1.807, 2.05) is 12.1 Å². The first kappa shape index (κ1) is 17.9. The van der Waals surface area contributed by atoms with E-state index in [9.17, 15) is 12.8 Å². The van der Waals surface area contributed by atoms with Crippen molar-refractivity contribution in [2.45, 2.75) is 30.1 Å². The second-order valence-electron chi connectivity index (χ2n) is 6.35. The third-order valence-electron chi connectivity index (χ3n) is 4.53. The second kappa shape index (κ2) is 7.97. The van der Waals surface area contributed by atoms with Crippen molar-refractivity contribution >= 4 is 15.7 Å². The summed E-state index contributed by atoms with van der Waals surface area (Å²) in [6.07, 6.45) is 2.18. The van der Waals surface area contributed by atoms with Crippen molar-refractivity contribution in [3.05, 3.63) is 59.7 Å². The van der Waals surface area contributed by atoms with Gasteiger partial charge in [0.2, 0.25) is 0 Å². The fraction of sp³-hybridized carbons (Fsp3) is 0.368. The molecule has 1 unspecified atom stereocenters. The highest BCUT2D eigenvalue weighted by molar-refractivity contribution is 7.92. The first-order valence-corrected chi connectivity index (χ1v) is 10.1. The first-order chi connectivity index (χ1) is 12.1. The van der Waals surface area contributed by atoms with Crippen LogP contribution < -0.4 is 10.0 Å². The molecule has 0 saturated carbocycles. The SMILES string of the molecule is O=S(=O)(Nc1ccc(C2CCNC2)cc1)c1ccc(CCCF)cc1. The molecule has 1 heterocycles. The Morgan fingerprint density at radius 2 is 1.80 bits per heavy atom. The first-order valence-electron chi connectivity index (χ1n) is 8.57. The molecule has 0 spiro atoms. The number of anilines is 1. The standard InChI is InChI=1S/C19H23FN2O2S/c20-12-1-2-15-3-9-19(10-4-15)25(23,24)22-18-7-5-16(6-8-18)17-11-13-21-14-17/h3-10,17,21-22H,1-2,11-14H2. The average Bonchev–Trinajstić information content (AvgIpc) is 3.15. The number of aryl methyl sites for hydroxylation is 1. The molecule has 25 heavy (non-hydrogen) atoms. The van der Waals surface area contributed by atoms with Crippen molar-refractivity contribution in [2.24, 2.45) is 0 Å². The number of rotatable bonds is 7. The summed E-state index contributed by atoms with van der Waals surface area (Å²) in [5.74, 6) is 0.502. The van der Waals surface area contributed by atoms with Crippen molar-refractivity contribution in [3.8, 4) is 0 Å². The van der Waals surface area contributed by atoms with Crippen molar-refractivity contribution in [2.75, 3.05) is 24.5 Å². The summed E-state index contributed by atoms with van der Waals surface area (Å²) < 4.78 is 39.8. The molecule has 4 nitrogen and oxygen atoms in total. The smallest absolute Gasteiger partial charge is 0.261 e. The lowest BCUT2D eigenvalue weighted by Crippen LogP contribution is -2.13. The van der Waals surface area contributed by atoms with Crippen LogP contribution >= 0.6 is 0 Å². The molecule has 1 fully saturated rings. The maximum atomic E-state index is 12.5. The van der Waals surface area contributed by atoms with E-state index < -0.39 is 10.0 Å². The van der Waals surface area contributed by atoms with Gasteiger partial charge in [0.05, 0.1) is 11.6 Å². The van der Waals surface area contributed by atoms with Crippen molar-refractivity contribution in [1.29, 1.82) is 0 Å². The molecular formula is C19H23FN2O2S. The molecule has 2 aromatic carbocycles. The highest BCUT2D eigenvalue weighted by Gasteiger charge is 2.17. The number of hydrogen-bond donors (Lipinski definition) is 2. The van der Waals surface area contributed by atoms with Crippen LogP contribution in [-0.4, -0.2) is 28.2 Å². The lowest BCUT2D eigenvalue weighted by atomic mass is 9.98. The highest BCUT2D eigenvalue weighted by atomic mass is 32.2. The quantitative estimate of drug-likeness (QED) is 0.793. The van der Waals surface area contributed by atoms with E-state index in [1.165, 1.54) is 5.56 Å². The van der Waals surface area contributed by atoms with E-state index in [4.69, 9.17) is 0 Å². The van der Waals surface area contributed by atoms with E-state index >= 15 is 0 Å². The van der Waals surface area contributed by atoms with Gasteiger partial charge >= 0.3 is 0 Å². The summed E-state index contributed by atoms with van der Waals surface area (Å²) in [4.78, 5) is 0.209. The lowest BCUT2D eigenvalue weighted by Gasteiger charge is -2.12. The number of alkyl halides is 1. The van der Waals surface area contributed by atoms with Crippen LogP contribution in [0.4, 0.5) is 10.1 Å². The van der Waals surface area contributed by atoms with Crippen LogP contribution in [0.15, 0.2) is 53.4 Å². The molecule has 6 heteroatoms. The minimum absolute atomic E-state index is 0.209. The Morgan fingerprint density at radius 3 is 2.40 bits per heavy atom. The van der Waals surface area contributed by atoms with Crippen molar-refractivity contribution in [1.82, 2.24) is 5.32 Å². The molecule has 134 valence electrons. The highest BCUT2D eigenvalue weighted by Crippen LogP contribution is 2.24. The predicted octanol–water partition coefficient (Wildman–Crippen LogP) is 3.47. The number of benzene rings is 2. The fourth-order valence-corrected chi connectivity index (χ4v) is 4.14. The zero-order valence-electron chi connectivity index (χ0n) is 14.0. The average molecular weight is 362 g/mol. The van der Waals surface area contributed by atoms with Crippen LogP contribution in [-0.2, 0) is 16.4 Å². The summed E-state index contributed by atoms with van der Waals surface area (Å²) in [6.45, 7) is 1.63. The minimum atomic E-state index is -3.62. The Morgan fingerprint density at radius 1 is 1.08 bits per heavy atom. The third kappa shape index (κ3) is 4.58. The summed E-state index contributed by atoms with van der Waals surface area (Å²) in [5, 5.41) is 3.33. The predicted molar refractivity (Wildman–Crippen MR) is 98.2 cm³/mol. The molecule has 0 radical (unpaired) electrons. The van der Waals surface area contributed by atoms with E-state index in [-0.39, 0.29) is 11.6 Å². The molecule has 0 aliphatic carbocycles. The van der Waals surface area contributed by atoms with Crippen molar-refractivity contribution in [3.63, 3.8) is 0 Å². The topological polar surface area (TPSA) is 58.2 Å². The fourth-order valence-electron chi connectivity index (χ4n) is 3.08. The van der Waals surface area contributed by atoms with Gasteiger partial charge in [-0.15, -0.1) is 0 Å². The molecule has 0 aromatic heterocycles. The van der Waals surface area contributed by atoms with Gasteiger partial charge in [-0.25, -0.2) is 8.42 Å². The van der Waals surface area contributed by atoms with Crippen LogP contribution in [0, 0.1) is 0 Å². The zero-order valence-corrected chi connectivity index (χ0v) is 14.9. The summed E-state index contributed by atoms with van der Waals surface area (Å²) in [5.41, 5.74) is 2.72. The van der Waals surface area contributed by atoms with Gasteiger partial charge in [0.15, 0.2) is 0 Å². The number of hydrogen-bond acceptors (Lipinski definition) is 3. The molecule has 3 rings (SSSR count). The van der Waals surface area contributed by atoms with Crippen LogP contribution in [0.25, 0.3) is 0 Å². The Balaban J connectivity index is 1.68. The van der Waals surface area contributed by atoms with Crippen LogP contribution in [0.5, 0.6) is 0 Å². The monoisotopic (exact) mass is 362 g/mol. The van der Waals surface area contributed by atoms with E-state index in [1.54, 1.807) is 36.4 Å². The van der Waals surface area contributed by atoms with Gasteiger partial charge in [0, 0.05) is 12.2 Å². The molecule has 1 atom stereocenters. The molecule has 2 aromatic rings. The lowest BCUT2D eigenvalue weighted by molar-refractivity contribution is 0.473. The Bertz CT molecular complexity index is 783. The van der Waals surface area contributed by atoms with E-state index in [2.05, 4.69) is 10.0 Å². The third-order valence-corrected chi connectivity index (χ3v) is 5.92. The largest absolute Gasteiger partial charge is 0.316 e. The van der Waals surface area contributed by atoms with Gasteiger partial charge in [0.25, 0.3) is 10.0 Å². The molecule has 0 bridgehead atoms. The Hall–Kier alpha value is -1.92. The summed E-state index contributed by atoms with van der Waals surface area (Å²) >= 11 is 0.